The van der Waals surface area contributed by atoms with E-state index in [1.807, 2.05) is 57.2 Å². The lowest BCUT2D eigenvalue weighted by atomic mass is 10.1. The van der Waals surface area contributed by atoms with Gasteiger partial charge in [0.1, 0.15) is 11.4 Å². The Hall–Kier alpha value is -2.36. The Morgan fingerprint density at radius 1 is 1.14 bits per heavy atom. The Labute approximate surface area is 131 Å². The summed E-state index contributed by atoms with van der Waals surface area (Å²) in [6.45, 7) is 6.52. The summed E-state index contributed by atoms with van der Waals surface area (Å²) in [5, 5.41) is 2.89. The predicted molar refractivity (Wildman–Crippen MR) is 86.6 cm³/mol. The van der Waals surface area contributed by atoms with Crippen LogP contribution in [0.15, 0.2) is 48.8 Å². The highest BCUT2D eigenvalue weighted by molar-refractivity contribution is 5.78. The van der Waals surface area contributed by atoms with Gasteiger partial charge in [-0.05, 0) is 50.1 Å². The maximum Gasteiger partial charge on any atom is 0.224 e. The number of nitrogens with zero attached hydrogens (tertiary/aromatic N) is 1. The average molecular weight is 298 g/mol. The normalized spacial score (nSPS) is 11.0. The van der Waals surface area contributed by atoms with E-state index in [1.54, 1.807) is 12.4 Å². The molecule has 0 saturated heterocycles. The zero-order valence-electron chi connectivity index (χ0n) is 13.3. The molecule has 1 aromatic heterocycles. The molecule has 2 aromatic rings. The molecule has 0 fully saturated rings. The zero-order chi connectivity index (χ0) is 16.0. The number of carbonyl (C=O) groups is 1. The number of aromatic nitrogens is 1. The number of hydrogen-bond acceptors (Lipinski definition) is 3. The minimum atomic E-state index is -0.220. The molecular formula is C18H22N2O2. The monoisotopic (exact) mass is 298 g/mol. The number of hydrogen-bond donors (Lipinski definition) is 1. The summed E-state index contributed by atoms with van der Waals surface area (Å²) in [5.41, 5.74) is 1.73. The van der Waals surface area contributed by atoms with Gasteiger partial charge < -0.3 is 10.1 Å². The summed E-state index contributed by atoms with van der Waals surface area (Å²) >= 11 is 0. The smallest absolute Gasteiger partial charge is 0.224 e. The molecule has 0 bridgehead atoms. The van der Waals surface area contributed by atoms with Crippen molar-refractivity contribution in [2.75, 3.05) is 0 Å². The first-order chi connectivity index (χ1) is 10.4. The second-order valence-corrected chi connectivity index (χ2v) is 6.17. The molecule has 0 aliphatic carbocycles. The van der Waals surface area contributed by atoms with E-state index in [-0.39, 0.29) is 11.5 Å². The van der Waals surface area contributed by atoms with Gasteiger partial charge >= 0.3 is 0 Å². The van der Waals surface area contributed by atoms with Gasteiger partial charge in [0.25, 0.3) is 0 Å². The maximum absolute atomic E-state index is 11.9. The van der Waals surface area contributed by atoms with E-state index in [0.29, 0.717) is 13.0 Å². The van der Waals surface area contributed by atoms with E-state index >= 15 is 0 Å². The molecule has 0 saturated carbocycles. The number of rotatable bonds is 5. The first kappa shape index (κ1) is 16.0. The topological polar surface area (TPSA) is 51.2 Å². The maximum atomic E-state index is 11.9. The number of benzene rings is 1. The predicted octanol–water partition coefficient (Wildman–Crippen LogP) is 3.12. The third-order valence-electron chi connectivity index (χ3n) is 2.92. The van der Waals surface area contributed by atoms with Crippen LogP contribution in [-0.4, -0.2) is 16.5 Å². The zero-order valence-corrected chi connectivity index (χ0v) is 13.3. The number of nitrogens with one attached hydrogen (secondary N) is 1. The van der Waals surface area contributed by atoms with Crippen molar-refractivity contribution in [3.8, 4) is 5.75 Å². The van der Waals surface area contributed by atoms with Crippen molar-refractivity contribution in [3.63, 3.8) is 0 Å². The Balaban J connectivity index is 1.84. The number of pyridine rings is 1. The third-order valence-corrected chi connectivity index (χ3v) is 2.92. The Bertz CT molecular complexity index is 601. The SMILES string of the molecule is CC(C)(C)Oc1ccc(CC(=O)NCc2cccnc2)cc1. The van der Waals surface area contributed by atoms with Gasteiger partial charge in [-0.3, -0.25) is 9.78 Å². The van der Waals surface area contributed by atoms with Crippen LogP contribution in [0, 0.1) is 0 Å². The van der Waals surface area contributed by atoms with Crippen LogP contribution >= 0.6 is 0 Å². The molecule has 1 heterocycles. The average Bonchev–Trinajstić information content (AvgIpc) is 2.47. The van der Waals surface area contributed by atoms with Crippen LogP contribution in [0.5, 0.6) is 5.75 Å². The molecule has 0 radical (unpaired) electrons. The fourth-order valence-corrected chi connectivity index (χ4v) is 1.98. The van der Waals surface area contributed by atoms with Crippen LogP contribution in [0.25, 0.3) is 0 Å². The Kier molecular flexibility index (Phi) is 5.15. The van der Waals surface area contributed by atoms with Crippen molar-refractivity contribution in [1.29, 1.82) is 0 Å². The van der Waals surface area contributed by atoms with Crippen molar-refractivity contribution in [3.05, 3.63) is 59.9 Å². The van der Waals surface area contributed by atoms with Crippen LogP contribution in [0.4, 0.5) is 0 Å². The van der Waals surface area contributed by atoms with E-state index in [4.69, 9.17) is 4.74 Å². The van der Waals surface area contributed by atoms with E-state index in [0.717, 1.165) is 16.9 Å². The fourth-order valence-electron chi connectivity index (χ4n) is 1.98. The fraction of sp³-hybridized carbons (Fsp3) is 0.333. The van der Waals surface area contributed by atoms with Gasteiger partial charge in [-0.2, -0.15) is 0 Å². The molecule has 0 spiro atoms. The lowest BCUT2D eigenvalue weighted by Gasteiger charge is -2.21. The largest absolute Gasteiger partial charge is 0.488 e. The molecule has 0 unspecified atom stereocenters. The molecule has 1 N–H and O–H groups in total. The molecule has 4 heteroatoms. The molecule has 0 atom stereocenters. The third kappa shape index (κ3) is 5.56. The first-order valence-electron chi connectivity index (χ1n) is 7.36. The van der Waals surface area contributed by atoms with Gasteiger partial charge in [0.15, 0.2) is 0 Å². The highest BCUT2D eigenvalue weighted by atomic mass is 16.5. The molecular weight excluding hydrogens is 276 g/mol. The van der Waals surface area contributed by atoms with E-state index in [9.17, 15) is 4.79 Å². The van der Waals surface area contributed by atoms with Gasteiger partial charge in [-0.25, -0.2) is 0 Å². The number of amides is 1. The second-order valence-electron chi connectivity index (χ2n) is 6.17. The number of carbonyl (C=O) groups excluding carboxylic acids is 1. The first-order valence-corrected chi connectivity index (χ1v) is 7.36. The minimum absolute atomic E-state index is 0.00616. The summed E-state index contributed by atoms with van der Waals surface area (Å²) in [5.74, 6) is 0.806. The molecule has 4 nitrogen and oxygen atoms in total. The van der Waals surface area contributed by atoms with Crippen molar-refractivity contribution in [2.24, 2.45) is 0 Å². The van der Waals surface area contributed by atoms with Crippen LogP contribution in [0.1, 0.15) is 31.9 Å². The van der Waals surface area contributed by atoms with Gasteiger partial charge in [0.2, 0.25) is 5.91 Å². The lowest BCUT2D eigenvalue weighted by Crippen LogP contribution is -2.24. The van der Waals surface area contributed by atoms with Crippen molar-refractivity contribution in [2.45, 2.75) is 39.3 Å². The van der Waals surface area contributed by atoms with E-state index < -0.39 is 0 Å². The molecule has 116 valence electrons. The summed E-state index contributed by atoms with van der Waals surface area (Å²) in [7, 11) is 0. The molecule has 0 aliphatic rings. The van der Waals surface area contributed by atoms with E-state index in [1.165, 1.54) is 0 Å². The molecule has 1 aromatic carbocycles. The molecule has 22 heavy (non-hydrogen) atoms. The minimum Gasteiger partial charge on any atom is -0.488 e. The summed E-state index contributed by atoms with van der Waals surface area (Å²) in [6.07, 6.45) is 3.82. The quantitative estimate of drug-likeness (QED) is 0.922. The Morgan fingerprint density at radius 2 is 1.86 bits per heavy atom. The van der Waals surface area contributed by atoms with Crippen LogP contribution in [0.3, 0.4) is 0 Å². The van der Waals surface area contributed by atoms with Gasteiger partial charge in [-0.1, -0.05) is 18.2 Å². The summed E-state index contributed by atoms with van der Waals surface area (Å²) in [4.78, 5) is 16.0. The van der Waals surface area contributed by atoms with Crippen LogP contribution < -0.4 is 10.1 Å². The second kappa shape index (κ2) is 7.07. The molecule has 2 rings (SSSR count). The molecule has 1 amide bonds. The van der Waals surface area contributed by atoms with Gasteiger partial charge in [0.05, 0.1) is 6.42 Å². The summed E-state index contributed by atoms with van der Waals surface area (Å²) in [6, 6.07) is 11.4. The highest BCUT2D eigenvalue weighted by Crippen LogP contribution is 2.18. The van der Waals surface area contributed by atoms with E-state index in [2.05, 4.69) is 10.3 Å². The standard InChI is InChI=1S/C18H22N2O2/c1-18(2,3)22-16-8-6-14(7-9-16)11-17(21)20-13-15-5-4-10-19-12-15/h4-10,12H,11,13H2,1-3H3,(H,20,21). The van der Waals surface area contributed by atoms with Crippen LogP contribution in [0.2, 0.25) is 0 Å². The van der Waals surface area contributed by atoms with Crippen molar-refractivity contribution < 1.29 is 9.53 Å². The Morgan fingerprint density at radius 3 is 2.45 bits per heavy atom. The lowest BCUT2D eigenvalue weighted by molar-refractivity contribution is -0.120. The summed E-state index contributed by atoms with van der Waals surface area (Å²) < 4.78 is 5.76. The van der Waals surface area contributed by atoms with Gasteiger partial charge in [0, 0.05) is 18.9 Å². The van der Waals surface area contributed by atoms with Gasteiger partial charge in [-0.15, -0.1) is 0 Å². The van der Waals surface area contributed by atoms with Crippen molar-refractivity contribution >= 4 is 5.91 Å². The van der Waals surface area contributed by atoms with Crippen molar-refractivity contribution in [1.82, 2.24) is 10.3 Å². The highest BCUT2D eigenvalue weighted by Gasteiger charge is 2.11. The molecule has 0 aliphatic heterocycles. The number of ether oxygens (including phenoxy) is 1. The van der Waals surface area contributed by atoms with Crippen LogP contribution in [-0.2, 0) is 17.8 Å².